The van der Waals surface area contributed by atoms with Crippen LogP contribution in [0.2, 0.25) is 0 Å². The van der Waals surface area contributed by atoms with Crippen molar-refractivity contribution in [2.75, 3.05) is 0 Å². The van der Waals surface area contributed by atoms with Crippen molar-refractivity contribution in [3.05, 3.63) is 34.1 Å². The number of rotatable bonds is 3. The van der Waals surface area contributed by atoms with E-state index in [2.05, 4.69) is 25.2 Å². The molecule has 0 atom stereocenters. The SMILES string of the molecule is [N-]=[N+]=NCc1nc2ccc(C3CC3)nn2n1. The summed E-state index contributed by atoms with van der Waals surface area (Å²) in [6.07, 6.45) is 2.41. The van der Waals surface area contributed by atoms with Gasteiger partial charge in [-0.05, 0) is 30.5 Å². The summed E-state index contributed by atoms with van der Waals surface area (Å²) in [7, 11) is 0. The van der Waals surface area contributed by atoms with E-state index in [1.54, 1.807) is 0 Å². The first-order valence-electron chi connectivity index (χ1n) is 5.10. The Morgan fingerprint density at radius 2 is 2.31 bits per heavy atom. The average molecular weight is 215 g/mol. The van der Waals surface area contributed by atoms with Crippen LogP contribution in [0.25, 0.3) is 16.1 Å². The van der Waals surface area contributed by atoms with Crippen molar-refractivity contribution in [3.63, 3.8) is 0 Å². The van der Waals surface area contributed by atoms with Crippen LogP contribution in [0.5, 0.6) is 0 Å². The Bertz CT molecular complexity index is 577. The molecule has 2 aromatic heterocycles. The largest absolute Gasteiger partial charge is 0.210 e. The topological polar surface area (TPSA) is 91.8 Å². The molecule has 3 rings (SSSR count). The fourth-order valence-electron chi connectivity index (χ4n) is 1.60. The lowest BCUT2D eigenvalue weighted by Gasteiger charge is -1.95. The highest BCUT2D eigenvalue weighted by atomic mass is 15.5. The molecule has 1 saturated carbocycles. The molecule has 0 unspecified atom stereocenters. The van der Waals surface area contributed by atoms with E-state index >= 15 is 0 Å². The van der Waals surface area contributed by atoms with Gasteiger partial charge in [0.25, 0.3) is 0 Å². The van der Waals surface area contributed by atoms with Gasteiger partial charge >= 0.3 is 0 Å². The van der Waals surface area contributed by atoms with Gasteiger partial charge in [0.2, 0.25) is 0 Å². The van der Waals surface area contributed by atoms with Crippen molar-refractivity contribution in [1.82, 2.24) is 19.8 Å². The zero-order valence-corrected chi connectivity index (χ0v) is 8.48. The summed E-state index contributed by atoms with van der Waals surface area (Å²) >= 11 is 0. The van der Waals surface area contributed by atoms with Crippen molar-refractivity contribution < 1.29 is 0 Å². The van der Waals surface area contributed by atoms with Gasteiger partial charge < -0.3 is 0 Å². The second kappa shape index (κ2) is 3.46. The molecule has 2 aromatic rings. The second-order valence-corrected chi connectivity index (χ2v) is 3.80. The first kappa shape index (κ1) is 9.11. The number of fused-ring (bicyclic) bond motifs is 1. The Balaban J connectivity index is 1.99. The molecule has 2 heterocycles. The third kappa shape index (κ3) is 1.57. The van der Waals surface area contributed by atoms with Crippen molar-refractivity contribution in [1.29, 1.82) is 0 Å². The molecule has 16 heavy (non-hydrogen) atoms. The van der Waals surface area contributed by atoms with Crippen LogP contribution < -0.4 is 0 Å². The second-order valence-electron chi connectivity index (χ2n) is 3.80. The minimum absolute atomic E-state index is 0.165. The molecule has 0 radical (unpaired) electrons. The van der Waals surface area contributed by atoms with Crippen molar-refractivity contribution in [3.8, 4) is 0 Å². The highest BCUT2D eigenvalue weighted by Crippen LogP contribution is 2.38. The maximum absolute atomic E-state index is 8.21. The third-order valence-electron chi connectivity index (χ3n) is 2.54. The third-order valence-corrected chi connectivity index (χ3v) is 2.54. The first-order chi connectivity index (χ1) is 7.86. The van der Waals surface area contributed by atoms with Crippen LogP contribution in [0, 0.1) is 0 Å². The predicted octanol–water partition coefficient (Wildman–Crippen LogP) is 1.81. The molecule has 0 spiro atoms. The van der Waals surface area contributed by atoms with Crippen molar-refractivity contribution >= 4 is 5.65 Å². The molecular weight excluding hydrogens is 206 g/mol. The van der Waals surface area contributed by atoms with Crippen LogP contribution in [0.3, 0.4) is 0 Å². The molecule has 1 aliphatic carbocycles. The van der Waals surface area contributed by atoms with E-state index in [0.717, 1.165) is 5.69 Å². The van der Waals surface area contributed by atoms with E-state index in [4.69, 9.17) is 5.53 Å². The van der Waals surface area contributed by atoms with Crippen molar-refractivity contribution in [2.45, 2.75) is 25.3 Å². The van der Waals surface area contributed by atoms with Gasteiger partial charge in [0, 0.05) is 10.8 Å². The van der Waals surface area contributed by atoms with Crippen LogP contribution in [0.15, 0.2) is 17.2 Å². The Hall–Kier alpha value is -2.14. The monoisotopic (exact) mass is 215 g/mol. The van der Waals surface area contributed by atoms with Crippen molar-refractivity contribution in [2.24, 2.45) is 5.11 Å². The minimum atomic E-state index is 0.165. The average Bonchev–Trinajstić information content (AvgIpc) is 3.06. The van der Waals surface area contributed by atoms with Crippen LogP contribution >= 0.6 is 0 Å². The predicted molar refractivity (Wildman–Crippen MR) is 55.6 cm³/mol. The van der Waals surface area contributed by atoms with E-state index in [0.29, 0.717) is 17.4 Å². The molecule has 7 nitrogen and oxygen atoms in total. The van der Waals surface area contributed by atoms with Crippen LogP contribution in [0.4, 0.5) is 0 Å². The van der Waals surface area contributed by atoms with Crippen LogP contribution in [-0.2, 0) is 6.54 Å². The summed E-state index contributed by atoms with van der Waals surface area (Å²) < 4.78 is 1.51. The van der Waals surface area contributed by atoms with Gasteiger partial charge in [-0.2, -0.15) is 5.10 Å². The molecule has 0 saturated heterocycles. The molecule has 80 valence electrons. The lowest BCUT2D eigenvalue weighted by molar-refractivity contribution is 0.739. The van der Waals surface area contributed by atoms with Crippen LogP contribution in [0.1, 0.15) is 30.3 Å². The van der Waals surface area contributed by atoms with Gasteiger partial charge in [-0.3, -0.25) is 0 Å². The number of hydrogen-bond donors (Lipinski definition) is 0. The Labute approximate surface area is 90.7 Å². The molecule has 0 N–H and O–H groups in total. The highest BCUT2D eigenvalue weighted by Gasteiger charge is 2.25. The quantitative estimate of drug-likeness (QED) is 0.444. The summed E-state index contributed by atoms with van der Waals surface area (Å²) in [5.41, 5.74) is 9.96. The molecule has 0 aromatic carbocycles. The smallest absolute Gasteiger partial charge is 0.176 e. The number of nitrogens with zero attached hydrogens (tertiary/aromatic N) is 7. The minimum Gasteiger partial charge on any atom is -0.210 e. The normalized spacial score (nSPS) is 15.0. The Kier molecular flexibility index (Phi) is 1.97. The Morgan fingerprint density at radius 1 is 1.44 bits per heavy atom. The summed E-state index contributed by atoms with van der Waals surface area (Å²) in [5.74, 6) is 1.09. The maximum Gasteiger partial charge on any atom is 0.176 e. The molecule has 0 bridgehead atoms. The molecule has 1 fully saturated rings. The van der Waals surface area contributed by atoms with E-state index in [1.807, 2.05) is 12.1 Å². The summed E-state index contributed by atoms with van der Waals surface area (Å²) in [4.78, 5) is 6.87. The van der Waals surface area contributed by atoms with Gasteiger partial charge in [-0.25, -0.2) is 4.98 Å². The standard InChI is InChI=1S/C9H9N7/c10-15-11-5-8-12-9-4-3-7(6-1-2-6)13-16(9)14-8/h3-4,6H,1-2,5H2. The number of hydrogen-bond acceptors (Lipinski definition) is 4. The van der Waals surface area contributed by atoms with Gasteiger partial charge in [0.15, 0.2) is 11.5 Å². The lowest BCUT2D eigenvalue weighted by atomic mass is 10.3. The molecule has 0 aliphatic heterocycles. The fourth-order valence-corrected chi connectivity index (χ4v) is 1.60. The van der Waals surface area contributed by atoms with E-state index < -0.39 is 0 Å². The van der Waals surface area contributed by atoms with E-state index in [9.17, 15) is 0 Å². The fraction of sp³-hybridized carbons (Fsp3) is 0.444. The molecule has 0 amide bonds. The van der Waals surface area contributed by atoms with Gasteiger partial charge in [-0.1, -0.05) is 5.11 Å². The lowest BCUT2D eigenvalue weighted by Crippen LogP contribution is -1.98. The summed E-state index contributed by atoms with van der Waals surface area (Å²) in [5, 5.41) is 11.9. The Morgan fingerprint density at radius 3 is 3.06 bits per heavy atom. The zero-order chi connectivity index (χ0) is 11.0. The highest BCUT2D eigenvalue weighted by molar-refractivity contribution is 5.36. The first-order valence-corrected chi connectivity index (χ1v) is 5.10. The zero-order valence-electron chi connectivity index (χ0n) is 8.48. The maximum atomic E-state index is 8.21. The molecule has 1 aliphatic rings. The van der Waals surface area contributed by atoms with Gasteiger partial charge in [-0.15, -0.1) is 9.73 Å². The van der Waals surface area contributed by atoms with E-state index in [-0.39, 0.29) is 6.54 Å². The summed E-state index contributed by atoms with van der Waals surface area (Å²) in [6, 6.07) is 3.88. The van der Waals surface area contributed by atoms with Gasteiger partial charge in [0.05, 0.1) is 12.2 Å². The summed E-state index contributed by atoms with van der Waals surface area (Å²) in [6.45, 7) is 0.165. The van der Waals surface area contributed by atoms with Crippen LogP contribution in [-0.4, -0.2) is 19.8 Å². The van der Waals surface area contributed by atoms with E-state index in [1.165, 1.54) is 17.5 Å². The number of azide groups is 1. The molecular formula is C9H9N7. The van der Waals surface area contributed by atoms with Gasteiger partial charge in [0.1, 0.15) is 0 Å². The number of aromatic nitrogens is 4. The molecule has 7 heteroatoms.